The van der Waals surface area contributed by atoms with E-state index in [9.17, 15) is 25.3 Å². The van der Waals surface area contributed by atoms with Crippen molar-refractivity contribution in [2.45, 2.75) is 10.9 Å². The van der Waals surface area contributed by atoms with Crippen LogP contribution in [-0.2, 0) is 114 Å². The molecule has 2 unspecified atom stereocenters. The van der Waals surface area contributed by atoms with E-state index in [4.69, 9.17) is 119 Å². The van der Waals surface area contributed by atoms with Crippen LogP contribution in [0.25, 0.3) is 0 Å². The minimum atomic E-state index is -0.651. The van der Waals surface area contributed by atoms with Gasteiger partial charge in [-0.1, -0.05) is 11.8 Å². The Labute approximate surface area is 505 Å². The smallest absolute Gasteiger partial charge is 0.226 e. The van der Waals surface area contributed by atoms with Crippen molar-refractivity contribution >= 4 is 11.8 Å². The van der Waals surface area contributed by atoms with Crippen LogP contribution in [0.15, 0.2) is 0 Å². The van der Waals surface area contributed by atoms with E-state index in [-0.39, 0.29) is 72.6 Å². The van der Waals surface area contributed by atoms with Gasteiger partial charge in [0.15, 0.2) is 0 Å². The number of rotatable bonds is 78. The van der Waals surface area contributed by atoms with Gasteiger partial charge >= 0.3 is 0 Å². The van der Waals surface area contributed by atoms with Crippen LogP contribution in [0, 0.1) is 20.2 Å². The van der Waals surface area contributed by atoms with Crippen molar-refractivity contribution in [3.63, 3.8) is 0 Å². The molecular formula is C52H104N2O30S. The maximum Gasteiger partial charge on any atom is 0.226 e. The summed E-state index contributed by atoms with van der Waals surface area (Å²) in [6.07, 6.45) is 0. The molecule has 0 rings (SSSR count). The van der Waals surface area contributed by atoms with E-state index in [1.165, 1.54) is 11.8 Å². The topological polar surface area (TPSA) is 348 Å². The summed E-state index contributed by atoms with van der Waals surface area (Å²) in [5.74, 6) is 0. The zero-order valence-electron chi connectivity index (χ0n) is 50.1. The lowest BCUT2D eigenvalue weighted by Gasteiger charge is -2.22. The van der Waals surface area contributed by atoms with E-state index in [1.807, 2.05) is 0 Å². The number of hydrogen-bond donors (Lipinski definition) is 2. The molecule has 0 aromatic carbocycles. The number of thioether (sulfide) groups is 1. The maximum atomic E-state index is 10.7. The first-order chi connectivity index (χ1) is 42.0. The first-order valence-corrected chi connectivity index (χ1v) is 30.0. The number of nitro groups is 2. The Kier molecular flexibility index (Phi) is 72.9. The lowest BCUT2D eigenvalue weighted by atomic mass is 10.6. The predicted octanol–water partition coefficient (Wildman–Crippen LogP) is -0.692. The normalized spacial score (nSPS) is 12.4. The standard InChI is InChI=1S/C52H104N2O30S/c55-3-6-62-8-10-64-12-14-66-16-18-68-20-22-70-24-26-72-29-31-74-33-35-76-37-39-78-41-43-80-45-47-83-51(49-56)85-52(50-82-5-2-54(59)60)84-48-46-81-44-42-79-40-38-77-36-34-75-32-30-73-28-27-71-25-23-69-21-19-67-17-15-65-13-11-63-9-7-61-4-1-53(57)58/h51-52,55-56H,1-50H2. The summed E-state index contributed by atoms with van der Waals surface area (Å²) in [4.78, 5) is 20.0. The lowest BCUT2D eigenvalue weighted by molar-refractivity contribution is -0.483. The minimum absolute atomic E-state index is 0.00583. The molecule has 0 bridgehead atoms. The van der Waals surface area contributed by atoms with Gasteiger partial charge < -0.3 is 124 Å². The van der Waals surface area contributed by atoms with Gasteiger partial charge in [0.2, 0.25) is 13.1 Å². The SMILES string of the molecule is O=[N+]([O-])CCOCCOCCOCCOCCOCCOCCOCCOCCOCCOCCOCCOC(COCC[N+](=O)[O-])SC(CO)OCCOCCOCCOCCOCCOCCOCCOCCOCCOCCOCCO. The van der Waals surface area contributed by atoms with E-state index in [0.29, 0.717) is 258 Å². The highest BCUT2D eigenvalue weighted by Gasteiger charge is 2.19. The highest BCUT2D eigenvalue weighted by Crippen LogP contribution is 2.21. The first-order valence-electron chi connectivity index (χ1n) is 29.0. The average molecular weight is 1270 g/mol. The van der Waals surface area contributed by atoms with Gasteiger partial charge in [0.05, 0.1) is 304 Å². The fraction of sp³-hybridized carbons (Fsp3) is 1.00. The highest BCUT2D eigenvalue weighted by molar-refractivity contribution is 8.00. The van der Waals surface area contributed by atoms with E-state index >= 15 is 0 Å². The zero-order valence-corrected chi connectivity index (χ0v) is 51.0. The van der Waals surface area contributed by atoms with Crippen molar-refractivity contribution in [1.29, 1.82) is 0 Å². The molecule has 0 aromatic heterocycles. The molecule has 32 nitrogen and oxygen atoms in total. The minimum Gasteiger partial charge on any atom is -0.394 e. The lowest BCUT2D eigenvalue weighted by Crippen LogP contribution is -2.27. The molecule has 2 atom stereocenters. The maximum absolute atomic E-state index is 10.7. The van der Waals surface area contributed by atoms with E-state index < -0.39 is 20.7 Å². The van der Waals surface area contributed by atoms with Crippen LogP contribution in [-0.4, -0.2) is 361 Å². The molecule has 0 spiro atoms. The van der Waals surface area contributed by atoms with E-state index in [0.717, 1.165) is 0 Å². The van der Waals surface area contributed by atoms with Crippen LogP contribution < -0.4 is 0 Å². The van der Waals surface area contributed by atoms with E-state index in [2.05, 4.69) is 0 Å². The Morgan fingerprint density at radius 2 is 0.424 bits per heavy atom. The van der Waals surface area contributed by atoms with Crippen LogP contribution in [0.4, 0.5) is 0 Å². The Morgan fingerprint density at radius 1 is 0.247 bits per heavy atom. The van der Waals surface area contributed by atoms with Crippen LogP contribution in [0.1, 0.15) is 0 Å². The van der Waals surface area contributed by atoms with Gasteiger partial charge in [0.25, 0.3) is 0 Å². The van der Waals surface area contributed by atoms with Crippen molar-refractivity contribution in [2.24, 2.45) is 0 Å². The number of aliphatic hydroxyl groups is 2. The molecule has 0 fully saturated rings. The van der Waals surface area contributed by atoms with Crippen molar-refractivity contribution in [3.8, 4) is 0 Å². The molecule has 0 aliphatic carbocycles. The molecule has 0 aliphatic rings. The summed E-state index contributed by atoms with van der Waals surface area (Å²) >= 11 is 1.19. The Balaban J connectivity index is 3.61. The summed E-state index contributed by atoms with van der Waals surface area (Å²) in [7, 11) is 0. The van der Waals surface area contributed by atoms with Crippen molar-refractivity contribution in [3.05, 3.63) is 20.2 Å². The Morgan fingerprint density at radius 3 is 0.624 bits per heavy atom. The molecule has 0 heterocycles. The fourth-order valence-electron chi connectivity index (χ4n) is 5.81. The Hall–Kier alpha value is -1.89. The number of ether oxygens (including phenoxy) is 24. The predicted molar refractivity (Wildman–Crippen MR) is 303 cm³/mol. The zero-order chi connectivity index (χ0) is 61.3. The number of nitrogens with zero attached hydrogens (tertiary/aromatic N) is 2. The second-order valence-corrected chi connectivity index (χ2v) is 18.0. The van der Waals surface area contributed by atoms with Crippen LogP contribution in [0.5, 0.6) is 0 Å². The molecule has 0 aromatic rings. The van der Waals surface area contributed by atoms with E-state index in [1.54, 1.807) is 0 Å². The third-order valence-electron chi connectivity index (χ3n) is 9.91. The van der Waals surface area contributed by atoms with Gasteiger partial charge in [0, 0.05) is 9.85 Å². The van der Waals surface area contributed by atoms with Gasteiger partial charge in [-0.25, -0.2) is 0 Å². The summed E-state index contributed by atoms with van der Waals surface area (Å²) in [6.45, 7) is 16.6. The molecule has 0 saturated carbocycles. The Bertz CT molecular complexity index is 1310. The van der Waals surface area contributed by atoms with Crippen LogP contribution >= 0.6 is 11.8 Å². The second kappa shape index (κ2) is 74.6. The third kappa shape index (κ3) is 74.5. The molecule has 0 saturated heterocycles. The molecule has 0 aliphatic heterocycles. The molecule has 2 N–H and O–H groups in total. The second-order valence-electron chi connectivity index (χ2n) is 16.7. The van der Waals surface area contributed by atoms with Gasteiger partial charge in [-0.2, -0.15) is 0 Å². The van der Waals surface area contributed by atoms with Crippen LogP contribution in [0.3, 0.4) is 0 Å². The molecular weight excluding hydrogens is 1160 g/mol. The molecule has 85 heavy (non-hydrogen) atoms. The third-order valence-corrected chi connectivity index (χ3v) is 11.1. The van der Waals surface area contributed by atoms with Gasteiger partial charge in [-0.15, -0.1) is 0 Å². The number of hydrogen-bond acceptors (Lipinski definition) is 31. The van der Waals surface area contributed by atoms with Gasteiger partial charge in [-0.05, 0) is 0 Å². The highest BCUT2D eigenvalue weighted by atomic mass is 32.2. The first kappa shape index (κ1) is 83.1. The summed E-state index contributed by atoms with van der Waals surface area (Å²) < 4.78 is 131. The van der Waals surface area contributed by atoms with Crippen molar-refractivity contribution < 1.29 is 134 Å². The monoisotopic (exact) mass is 1270 g/mol. The fourth-order valence-corrected chi connectivity index (χ4v) is 6.76. The summed E-state index contributed by atoms with van der Waals surface area (Å²) in [5, 5.41) is 39.5. The van der Waals surface area contributed by atoms with Gasteiger partial charge in [0.1, 0.15) is 24.1 Å². The molecule has 0 amide bonds. The van der Waals surface area contributed by atoms with Gasteiger partial charge in [-0.3, -0.25) is 20.2 Å². The number of aliphatic hydroxyl groups excluding tert-OH is 2. The summed E-state index contributed by atoms with van der Waals surface area (Å²) in [6, 6.07) is 0. The van der Waals surface area contributed by atoms with Crippen molar-refractivity contribution in [1.82, 2.24) is 0 Å². The van der Waals surface area contributed by atoms with Crippen molar-refractivity contribution in [2.75, 3.05) is 330 Å². The quantitative estimate of drug-likeness (QED) is 0.0329. The van der Waals surface area contributed by atoms with Crippen LogP contribution in [0.2, 0.25) is 0 Å². The summed E-state index contributed by atoms with van der Waals surface area (Å²) in [5.41, 5.74) is -1.23. The molecule has 0 radical (unpaired) electrons. The largest absolute Gasteiger partial charge is 0.394 e. The molecule has 33 heteroatoms. The molecule has 508 valence electrons. The average Bonchev–Trinajstić information content (AvgIpc) is 3.52.